The third-order valence-electron chi connectivity index (χ3n) is 5.50. The summed E-state index contributed by atoms with van der Waals surface area (Å²) in [5.74, 6) is 1.85. The molecule has 2 unspecified atom stereocenters. The summed E-state index contributed by atoms with van der Waals surface area (Å²) in [7, 11) is 0. The second-order valence-corrected chi connectivity index (χ2v) is 7.03. The summed E-state index contributed by atoms with van der Waals surface area (Å²) in [5.41, 5.74) is 2.02. The zero-order valence-corrected chi connectivity index (χ0v) is 12.4. The monoisotopic (exact) mass is 258 g/mol. The molecule has 3 rings (SSSR count). The largest absolute Gasteiger partial charge is 0.264 e. The van der Waals surface area contributed by atoms with Crippen LogP contribution in [0.2, 0.25) is 0 Å². The quantitative estimate of drug-likeness (QED) is 0.652. The van der Waals surface area contributed by atoms with Crippen molar-refractivity contribution in [3.05, 3.63) is 12.7 Å². The Hall–Kier alpha value is -0.920. The van der Waals surface area contributed by atoms with Gasteiger partial charge in [-0.25, -0.2) is 4.99 Å². The number of hydrogen-bond acceptors (Lipinski definition) is 2. The van der Waals surface area contributed by atoms with E-state index in [9.17, 15) is 0 Å². The van der Waals surface area contributed by atoms with Crippen molar-refractivity contribution in [2.24, 2.45) is 26.7 Å². The molecule has 0 bridgehead atoms. The summed E-state index contributed by atoms with van der Waals surface area (Å²) in [6.45, 7) is 9.48. The Balaban J connectivity index is 1.82. The van der Waals surface area contributed by atoms with Crippen molar-refractivity contribution in [1.82, 2.24) is 0 Å². The lowest BCUT2D eigenvalue weighted by Crippen LogP contribution is -2.26. The van der Waals surface area contributed by atoms with Crippen LogP contribution in [0.15, 0.2) is 22.6 Å². The predicted octanol–water partition coefficient (Wildman–Crippen LogP) is 4.41. The van der Waals surface area contributed by atoms with Crippen LogP contribution in [0.25, 0.3) is 0 Å². The normalized spacial score (nSPS) is 36.0. The highest BCUT2D eigenvalue weighted by Crippen LogP contribution is 2.51. The molecule has 0 N–H and O–H groups in total. The van der Waals surface area contributed by atoms with Crippen LogP contribution in [0, 0.1) is 16.7 Å². The second-order valence-electron chi connectivity index (χ2n) is 7.03. The van der Waals surface area contributed by atoms with Gasteiger partial charge in [-0.05, 0) is 44.4 Å². The molecule has 0 aromatic carbocycles. The lowest BCUT2D eigenvalue weighted by molar-refractivity contribution is 0.382. The van der Waals surface area contributed by atoms with Crippen LogP contribution in [0.4, 0.5) is 0 Å². The predicted molar refractivity (Wildman–Crippen MR) is 82.0 cm³/mol. The minimum atomic E-state index is 0.264. The number of rotatable bonds is 5. The number of hydrogen-bond donors (Lipinski definition) is 0. The fraction of sp³-hybridized carbons (Fsp3) is 0.765. The van der Waals surface area contributed by atoms with Crippen molar-refractivity contribution in [2.45, 2.75) is 58.8 Å². The Bertz CT molecular complexity index is 442. The first kappa shape index (κ1) is 13.1. The molecule has 1 aliphatic heterocycles. The molecule has 2 aliphatic carbocycles. The van der Waals surface area contributed by atoms with Crippen molar-refractivity contribution in [2.75, 3.05) is 6.54 Å². The molecule has 3 aliphatic rings. The summed E-state index contributed by atoms with van der Waals surface area (Å²) in [5, 5.41) is 0. The molecular weight excluding hydrogens is 232 g/mol. The van der Waals surface area contributed by atoms with Gasteiger partial charge in [0.05, 0.1) is 6.54 Å². The van der Waals surface area contributed by atoms with Gasteiger partial charge < -0.3 is 0 Å². The van der Waals surface area contributed by atoms with Crippen molar-refractivity contribution in [1.29, 1.82) is 0 Å². The first-order valence-corrected chi connectivity index (χ1v) is 7.87. The van der Waals surface area contributed by atoms with Crippen LogP contribution in [0.3, 0.4) is 0 Å². The van der Waals surface area contributed by atoms with Gasteiger partial charge in [0.2, 0.25) is 0 Å². The van der Waals surface area contributed by atoms with E-state index in [-0.39, 0.29) is 5.41 Å². The topological polar surface area (TPSA) is 24.7 Å². The lowest BCUT2D eigenvalue weighted by Gasteiger charge is -2.27. The average Bonchev–Trinajstić information content (AvgIpc) is 2.88. The van der Waals surface area contributed by atoms with Crippen LogP contribution < -0.4 is 0 Å². The van der Waals surface area contributed by atoms with Gasteiger partial charge in [-0.1, -0.05) is 26.3 Å². The van der Waals surface area contributed by atoms with Gasteiger partial charge in [0, 0.05) is 16.5 Å². The van der Waals surface area contributed by atoms with Gasteiger partial charge in [-0.3, -0.25) is 4.99 Å². The first-order valence-electron chi connectivity index (χ1n) is 7.87. The van der Waals surface area contributed by atoms with E-state index in [2.05, 4.69) is 26.5 Å². The van der Waals surface area contributed by atoms with Crippen molar-refractivity contribution >= 4 is 11.5 Å². The van der Waals surface area contributed by atoms with Crippen molar-refractivity contribution in [3.8, 4) is 0 Å². The maximum atomic E-state index is 5.00. The molecule has 0 amide bonds. The van der Waals surface area contributed by atoms with Gasteiger partial charge in [-0.2, -0.15) is 0 Å². The average molecular weight is 258 g/mol. The molecule has 2 heteroatoms. The molecule has 2 atom stereocenters. The highest BCUT2D eigenvalue weighted by Gasteiger charge is 2.47. The Morgan fingerprint density at radius 2 is 2.16 bits per heavy atom. The van der Waals surface area contributed by atoms with Gasteiger partial charge in [0.1, 0.15) is 5.84 Å². The standard InChI is InChI=1S/C17H26N2/c1-4-7-17(8-6-13(5-2)11-17)15-18-12-14(19-15)16(3)9-10-16/h5,13H,2,4,6-12H2,1,3H3. The van der Waals surface area contributed by atoms with E-state index in [1.165, 1.54) is 56.5 Å². The summed E-state index contributed by atoms with van der Waals surface area (Å²) in [6, 6.07) is 0. The third-order valence-corrected chi connectivity index (χ3v) is 5.50. The molecule has 0 saturated heterocycles. The van der Waals surface area contributed by atoms with Crippen molar-refractivity contribution in [3.63, 3.8) is 0 Å². The summed E-state index contributed by atoms with van der Waals surface area (Å²) >= 11 is 0. The number of amidine groups is 1. The highest BCUT2D eigenvalue weighted by molar-refractivity contribution is 6.09. The van der Waals surface area contributed by atoms with Crippen LogP contribution in [-0.2, 0) is 0 Å². The minimum absolute atomic E-state index is 0.264. The van der Waals surface area contributed by atoms with Crippen molar-refractivity contribution < 1.29 is 0 Å². The number of nitrogens with zero attached hydrogens (tertiary/aromatic N) is 2. The van der Waals surface area contributed by atoms with E-state index < -0.39 is 0 Å². The molecule has 0 radical (unpaired) electrons. The smallest absolute Gasteiger partial charge is 0.129 e. The molecular formula is C17H26N2. The van der Waals surface area contributed by atoms with Crippen LogP contribution in [0.1, 0.15) is 58.8 Å². The Morgan fingerprint density at radius 1 is 1.37 bits per heavy atom. The Labute approximate surface area is 117 Å². The fourth-order valence-electron chi connectivity index (χ4n) is 3.83. The highest BCUT2D eigenvalue weighted by atomic mass is 15.0. The van der Waals surface area contributed by atoms with Gasteiger partial charge in [0.25, 0.3) is 0 Å². The molecule has 19 heavy (non-hydrogen) atoms. The molecule has 2 fully saturated rings. The zero-order valence-electron chi connectivity index (χ0n) is 12.4. The number of aliphatic imine (C=N–C) groups is 2. The molecule has 2 nitrogen and oxygen atoms in total. The molecule has 0 aromatic rings. The van der Waals surface area contributed by atoms with Crippen LogP contribution in [-0.4, -0.2) is 18.1 Å². The maximum Gasteiger partial charge on any atom is 0.129 e. The van der Waals surface area contributed by atoms with E-state index in [0.717, 1.165) is 6.54 Å². The molecule has 0 spiro atoms. The summed E-state index contributed by atoms with van der Waals surface area (Å²) in [4.78, 5) is 9.84. The third kappa shape index (κ3) is 2.19. The molecule has 104 valence electrons. The Morgan fingerprint density at radius 3 is 2.74 bits per heavy atom. The van der Waals surface area contributed by atoms with E-state index >= 15 is 0 Å². The van der Waals surface area contributed by atoms with Gasteiger partial charge in [0.15, 0.2) is 0 Å². The van der Waals surface area contributed by atoms with E-state index in [1.54, 1.807) is 0 Å². The number of allylic oxidation sites excluding steroid dienone is 1. The van der Waals surface area contributed by atoms with Gasteiger partial charge in [-0.15, -0.1) is 6.58 Å². The maximum absolute atomic E-state index is 5.00. The van der Waals surface area contributed by atoms with E-state index in [1.807, 2.05) is 0 Å². The lowest BCUT2D eigenvalue weighted by atomic mass is 9.79. The second kappa shape index (κ2) is 4.57. The summed E-state index contributed by atoms with van der Waals surface area (Å²) < 4.78 is 0. The van der Waals surface area contributed by atoms with Gasteiger partial charge >= 0.3 is 0 Å². The van der Waals surface area contributed by atoms with Crippen LogP contribution >= 0.6 is 0 Å². The molecule has 0 aromatic heterocycles. The zero-order chi connectivity index (χ0) is 13.5. The fourth-order valence-corrected chi connectivity index (χ4v) is 3.83. The summed E-state index contributed by atoms with van der Waals surface area (Å²) in [6.07, 6.45) is 11.0. The first-order chi connectivity index (χ1) is 9.12. The molecule has 1 heterocycles. The Kier molecular flexibility index (Phi) is 3.15. The SMILES string of the molecule is C=CC1CCC(CCC)(C2=NCC(C3(C)CC3)=N2)C1. The molecule has 2 saturated carbocycles. The van der Waals surface area contributed by atoms with E-state index in [0.29, 0.717) is 11.3 Å². The van der Waals surface area contributed by atoms with E-state index in [4.69, 9.17) is 9.98 Å². The minimum Gasteiger partial charge on any atom is -0.264 e. The van der Waals surface area contributed by atoms with Crippen LogP contribution in [0.5, 0.6) is 0 Å².